The van der Waals surface area contributed by atoms with Gasteiger partial charge in [0, 0.05) is 5.69 Å². The van der Waals surface area contributed by atoms with Crippen LogP contribution in [0.1, 0.15) is 16.7 Å². The highest BCUT2D eigenvalue weighted by atomic mass is 19.4. The summed E-state index contributed by atoms with van der Waals surface area (Å²) in [6.45, 7) is -2.18. The molecule has 0 bridgehead atoms. The smallest absolute Gasteiger partial charge is 0.417 e. The summed E-state index contributed by atoms with van der Waals surface area (Å²) in [5.74, 6) is -0.309. The van der Waals surface area contributed by atoms with Crippen LogP contribution in [0.15, 0.2) is 42.5 Å². The molecule has 166 valence electrons. The van der Waals surface area contributed by atoms with Crippen LogP contribution in [0.5, 0.6) is 5.75 Å². The number of hydrogen-bond acceptors (Lipinski definition) is 4. The number of anilines is 1. The Morgan fingerprint density at radius 3 is 2.39 bits per heavy atom. The summed E-state index contributed by atoms with van der Waals surface area (Å²) in [7, 11) is 0. The van der Waals surface area contributed by atoms with E-state index in [4.69, 9.17) is 15.7 Å². The summed E-state index contributed by atoms with van der Waals surface area (Å²) in [6, 6.07) is 9.93. The number of primary amides is 1. The summed E-state index contributed by atoms with van der Waals surface area (Å²) in [6.07, 6.45) is -9.64. The maximum absolute atomic E-state index is 13.2. The van der Waals surface area contributed by atoms with Gasteiger partial charge in [-0.2, -0.15) is 31.6 Å². The van der Waals surface area contributed by atoms with Gasteiger partial charge in [-0.3, -0.25) is 4.79 Å². The van der Waals surface area contributed by atoms with Gasteiger partial charge in [0.15, 0.2) is 0 Å². The molecule has 0 heterocycles. The Morgan fingerprint density at radius 1 is 1.10 bits per heavy atom. The van der Waals surface area contributed by atoms with Crippen LogP contribution in [0.2, 0.25) is 0 Å². The summed E-state index contributed by atoms with van der Waals surface area (Å²) >= 11 is 0. The van der Waals surface area contributed by atoms with Crippen LogP contribution >= 0.6 is 0 Å². The van der Waals surface area contributed by atoms with Gasteiger partial charge in [-0.05, 0) is 35.9 Å². The van der Waals surface area contributed by atoms with Gasteiger partial charge in [-0.1, -0.05) is 12.1 Å². The van der Waals surface area contributed by atoms with Crippen molar-refractivity contribution in [3.8, 4) is 11.8 Å². The molecular weight excluding hydrogens is 428 g/mol. The van der Waals surface area contributed by atoms with Crippen LogP contribution in [0.3, 0.4) is 0 Å². The molecule has 31 heavy (non-hydrogen) atoms. The van der Waals surface area contributed by atoms with Crippen molar-refractivity contribution in [3.63, 3.8) is 0 Å². The molecule has 1 amide bonds. The van der Waals surface area contributed by atoms with Crippen LogP contribution in [0.4, 0.5) is 32.0 Å². The van der Waals surface area contributed by atoms with Gasteiger partial charge in [-0.15, -0.1) is 0 Å². The Labute approximate surface area is 173 Å². The molecule has 2 aromatic carbocycles. The number of rotatable bonds is 8. The number of amides is 1. The summed E-state index contributed by atoms with van der Waals surface area (Å²) in [5, 5.41) is 8.85. The second-order valence-electron chi connectivity index (χ2n) is 6.52. The molecular formula is C20H17F6N3O2. The molecule has 0 unspecified atom stereocenters. The van der Waals surface area contributed by atoms with Gasteiger partial charge in [0.25, 0.3) is 0 Å². The van der Waals surface area contributed by atoms with Crippen LogP contribution in [-0.4, -0.2) is 31.8 Å². The minimum Gasteiger partial charge on any atom is -0.492 e. The molecule has 2 N–H and O–H groups in total. The lowest BCUT2D eigenvalue weighted by Gasteiger charge is -2.27. The standard InChI is InChI=1S/C20H17F6N3O2/c21-19(22,23)12-29(15-5-4-14(11-27)17(10-15)20(24,25)26)6-7-31-16-3-1-2-13(8-16)9-18(28)30/h1-5,8,10H,6-7,9,12H2,(H2,28,30). The van der Waals surface area contributed by atoms with Crippen LogP contribution < -0.4 is 15.4 Å². The summed E-state index contributed by atoms with van der Waals surface area (Å²) < 4.78 is 83.9. The number of nitriles is 1. The molecule has 0 atom stereocenters. The van der Waals surface area contributed by atoms with Crippen molar-refractivity contribution in [1.29, 1.82) is 5.26 Å². The SMILES string of the molecule is N#Cc1ccc(N(CCOc2cccc(CC(N)=O)c2)CC(F)(F)F)cc1C(F)(F)F. The first kappa shape index (κ1) is 23.9. The van der Waals surface area contributed by atoms with E-state index in [2.05, 4.69) is 0 Å². The second kappa shape index (κ2) is 9.59. The Balaban J connectivity index is 2.21. The molecule has 0 aliphatic rings. The zero-order valence-corrected chi connectivity index (χ0v) is 15.9. The molecule has 0 spiro atoms. The van der Waals surface area contributed by atoms with Crippen LogP contribution in [-0.2, 0) is 17.4 Å². The number of carbonyl (C=O) groups is 1. The number of hydrogen-bond donors (Lipinski definition) is 1. The van der Waals surface area contributed by atoms with E-state index in [0.717, 1.165) is 12.1 Å². The van der Waals surface area contributed by atoms with E-state index >= 15 is 0 Å². The summed E-state index contributed by atoms with van der Waals surface area (Å²) in [4.78, 5) is 11.7. The van der Waals surface area contributed by atoms with E-state index in [1.807, 2.05) is 0 Å². The third-order valence-corrected chi connectivity index (χ3v) is 4.07. The lowest BCUT2D eigenvalue weighted by Crippen LogP contribution is -2.37. The highest BCUT2D eigenvalue weighted by Gasteiger charge is 2.36. The number of nitrogens with two attached hydrogens (primary N) is 1. The minimum atomic E-state index is -4.90. The molecule has 0 saturated heterocycles. The number of nitrogens with zero attached hydrogens (tertiary/aromatic N) is 2. The topological polar surface area (TPSA) is 79.3 Å². The van der Waals surface area contributed by atoms with E-state index in [1.165, 1.54) is 18.2 Å². The molecule has 2 rings (SSSR count). The first-order chi connectivity index (χ1) is 14.4. The van der Waals surface area contributed by atoms with E-state index in [0.29, 0.717) is 16.5 Å². The fourth-order valence-corrected chi connectivity index (χ4v) is 2.80. The first-order valence-electron chi connectivity index (χ1n) is 8.82. The molecule has 5 nitrogen and oxygen atoms in total. The van der Waals surface area contributed by atoms with E-state index in [9.17, 15) is 31.1 Å². The number of ether oxygens (including phenoxy) is 1. The third kappa shape index (κ3) is 7.40. The average Bonchev–Trinajstić information content (AvgIpc) is 2.65. The number of benzene rings is 2. The van der Waals surface area contributed by atoms with Crippen molar-refractivity contribution in [1.82, 2.24) is 0 Å². The van der Waals surface area contributed by atoms with E-state index < -0.39 is 35.9 Å². The first-order valence-corrected chi connectivity index (χ1v) is 8.82. The van der Waals surface area contributed by atoms with Crippen LogP contribution in [0.25, 0.3) is 0 Å². The fourth-order valence-electron chi connectivity index (χ4n) is 2.80. The molecule has 0 aromatic heterocycles. The largest absolute Gasteiger partial charge is 0.492 e. The quantitative estimate of drug-likeness (QED) is 0.622. The predicted octanol–water partition coefficient (Wildman–Crippen LogP) is 4.05. The molecule has 0 radical (unpaired) electrons. The lowest BCUT2D eigenvalue weighted by molar-refractivity contribution is -0.137. The minimum absolute atomic E-state index is 0.0527. The number of carbonyl (C=O) groups excluding carboxylic acids is 1. The highest BCUT2D eigenvalue weighted by molar-refractivity contribution is 5.76. The van der Waals surface area contributed by atoms with Gasteiger partial charge < -0.3 is 15.4 Å². The van der Waals surface area contributed by atoms with Crippen molar-refractivity contribution < 1.29 is 35.9 Å². The van der Waals surface area contributed by atoms with Crippen LogP contribution in [0, 0.1) is 11.3 Å². The summed E-state index contributed by atoms with van der Waals surface area (Å²) in [5.41, 5.74) is 3.29. The number of alkyl halides is 6. The van der Waals surface area contributed by atoms with Crippen molar-refractivity contribution in [2.45, 2.75) is 18.8 Å². The molecule has 0 aliphatic heterocycles. The maximum Gasteiger partial charge on any atom is 0.417 e. The Kier molecular flexibility index (Phi) is 7.38. The molecule has 0 fully saturated rings. The molecule has 2 aromatic rings. The Hall–Kier alpha value is -3.42. The average molecular weight is 445 g/mol. The van der Waals surface area contributed by atoms with Crippen molar-refractivity contribution in [2.75, 3.05) is 24.6 Å². The van der Waals surface area contributed by atoms with Gasteiger partial charge in [0.2, 0.25) is 5.91 Å². The zero-order chi connectivity index (χ0) is 23.2. The van der Waals surface area contributed by atoms with Gasteiger partial charge in [0.05, 0.1) is 30.2 Å². The lowest BCUT2D eigenvalue weighted by atomic mass is 10.1. The monoisotopic (exact) mass is 445 g/mol. The molecule has 0 saturated carbocycles. The Morgan fingerprint density at radius 2 is 1.81 bits per heavy atom. The fraction of sp³-hybridized carbons (Fsp3) is 0.300. The van der Waals surface area contributed by atoms with Crippen molar-refractivity contribution in [2.24, 2.45) is 5.73 Å². The van der Waals surface area contributed by atoms with Gasteiger partial charge in [-0.25, -0.2) is 0 Å². The Bertz CT molecular complexity index is 967. The maximum atomic E-state index is 13.2. The zero-order valence-electron chi connectivity index (χ0n) is 15.9. The van der Waals surface area contributed by atoms with Gasteiger partial charge >= 0.3 is 12.4 Å². The van der Waals surface area contributed by atoms with Crippen molar-refractivity contribution in [3.05, 3.63) is 59.2 Å². The molecule has 11 heteroatoms. The molecule has 0 aliphatic carbocycles. The number of halogens is 6. The second-order valence-corrected chi connectivity index (χ2v) is 6.52. The van der Waals surface area contributed by atoms with E-state index in [-0.39, 0.29) is 31.0 Å². The normalized spacial score (nSPS) is 11.6. The highest BCUT2D eigenvalue weighted by Crippen LogP contribution is 2.35. The van der Waals surface area contributed by atoms with E-state index in [1.54, 1.807) is 12.1 Å². The van der Waals surface area contributed by atoms with Gasteiger partial charge in [0.1, 0.15) is 18.9 Å². The van der Waals surface area contributed by atoms with Crippen molar-refractivity contribution >= 4 is 11.6 Å². The third-order valence-electron chi connectivity index (χ3n) is 4.07. The predicted molar refractivity (Wildman–Crippen MR) is 99.3 cm³/mol.